The zero-order valence-electron chi connectivity index (χ0n) is 17.1. The summed E-state index contributed by atoms with van der Waals surface area (Å²) in [7, 11) is 0. The van der Waals surface area contributed by atoms with Crippen molar-refractivity contribution in [2.45, 2.75) is 39.2 Å². The molecule has 1 saturated heterocycles. The first-order chi connectivity index (χ1) is 13.6. The average molecular weight is 382 g/mol. The Hall–Kier alpha value is -2.53. The third-order valence-corrected chi connectivity index (χ3v) is 5.38. The van der Waals surface area contributed by atoms with Crippen molar-refractivity contribution in [2.75, 3.05) is 41.8 Å². The first kappa shape index (κ1) is 20.2. The Labute approximate surface area is 168 Å². The Kier molecular flexibility index (Phi) is 6.93. The van der Waals surface area contributed by atoms with E-state index < -0.39 is 0 Å². The summed E-state index contributed by atoms with van der Waals surface area (Å²) in [5.74, 6) is 0.500. The van der Waals surface area contributed by atoms with Gasteiger partial charge in [0.1, 0.15) is 6.04 Å². The first-order valence-corrected chi connectivity index (χ1v) is 10.2. The lowest BCUT2D eigenvalue weighted by atomic mass is 9.98. The van der Waals surface area contributed by atoms with Crippen LogP contribution in [0.1, 0.15) is 38.7 Å². The molecule has 5 heteroatoms. The van der Waals surface area contributed by atoms with Crippen molar-refractivity contribution >= 4 is 23.0 Å². The summed E-state index contributed by atoms with van der Waals surface area (Å²) in [6, 6.07) is 16.0. The van der Waals surface area contributed by atoms with Gasteiger partial charge in [0.15, 0.2) is 0 Å². The van der Waals surface area contributed by atoms with Crippen molar-refractivity contribution < 1.29 is 9.53 Å². The number of amides is 1. The van der Waals surface area contributed by atoms with Crippen molar-refractivity contribution in [1.29, 1.82) is 0 Å². The fourth-order valence-corrected chi connectivity index (χ4v) is 3.29. The summed E-state index contributed by atoms with van der Waals surface area (Å²) >= 11 is 0. The van der Waals surface area contributed by atoms with E-state index >= 15 is 0 Å². The molecule has 2 atom stereocenters. The van der Waals surface area contributed by atoms with E-state index in [1.54, 1.807) is 0 Å². The van der Waals surface area contributed by atoms with Gasteiger partial charge in [-0.15, -0.1) is 0 Å². The van der Waals surface area contributed by atoms with E-state index in [1.807, 2.05) is 43.3 Å². The van der Waals surface area contributed by atoms with Gasteiger partial charge < -0.3 is 20.3 Å². The van der Waals surface area contributed by atoms with E-state index in [4.69, 9.17) is 4.74 Å². The summed E-state index contributed by atoms with van der Waals surface area (Å²) in [6.45, 7) is 9.63. The lowest BCUT2D eigenvalue weighted by Gasteiger charge is -2.29. The van der Waals surface area contributed by atoms with Gasteiger partial charge in [0.2, 0.25) is 5.91 Å². The zero-order valence-corrected chi connectivity index (χ0v) is 17.1. The van der Waals surface area contributed by atoms with Crippen LogP contribution in [0.25, 0.3) is 0 Å². The van der Waals surface area contributed by atoms with Crippen LogP contribution in [0.2, 0.25) is 0 Å². The smallest absolute Gasteiger partial charge is 0.246 e. The molecule has 1 amide bonds. The van der Waals surface area contributed by atoms with Gasteiger partial charge in [-0.25, -0.2) is 0 Å². The molecule has 1 aliphatic heterocycles. The van der Waals surface area contributed by atoms with Crippen molar-refractivity contribution in [3.8, 4) is 0 Å². The van der Waals surface area contributed by atoms with Crippen LogP contribution in [0.4, 0.5) is 17.1 Å². The van der Waals surface area contributed by atoms with Crippen molar-refractivity contribution in [1.82, 2.24) is 0 Å². The minimum absolute atomic E-state index is 0.0508. The van der Waals surface area contributed by atoms with Crippen LogP contribution in [0.5, 0.6) is 0 Å². The number of morpholine rings is 1. The summed E-state index contributed by atoms with van der Waals surface area (Å²) in [6.07, 6.45) is 1.12. The molecule has 0 bridgehead atoms. The quantitative estimate of drug-likeness (QED) is 0.743. The van der Waals surface area contributed by atoms with Gasteiger partial charge in [-0.1, -0.05) is 26.0 Å². The van der Waals surface area contributed by atoms with Gasteiger partial charge in [-0.05, 0) is 61.2 Å². The van der Waals surface area contributed by atoms with Crippen LogP contribution in [0.15, 0.2) is 48.5 Å². The molecule has 5 nitrogen and oxygen atoms in total. The molecule has 3 rings (SSSR count). The molecular formula is C23H31N3O2. The van der Waals surface area contributed by atoms with Gasteiger partial charge >= 0.3 is 0 Å². The molecule has 0 radical (unpaired) electrons. The molecule has 0 unspecified atom stereocenters. The topological polar surface area (TPSA) is 53.6 Å². The Bertz CT molecular complexity index is 752. The molecule has 0 spiro atoms. The molecular weight excluding hydrogens is 350 g/mol. The molecule has 1 fully saturated rings. The second-order valence-corrected chi connectivity index (χ2v) is 7.43. The third kappa shape index (κ3) is 5.26. The van der Waals surface area contributed by atoms with Crippen LogP contribution in [0, 0.1) is 0 Å². The van der Waals surface area contributed by atoms with Gasteiger partial charge in [-0.2, -0.15) is 0 Å². The van der Waals surface area contributed by atoms with E-state index in [2.05, 4.69) is 41.5 Å². The fourth-order valence-electron chi connectivity index (χ4n) is 3.29. The summed E-state index contributed by atoms with van der Waals surface area (Å²) in [4.78, 5) is 14.8. The molecule has 28 heavy (non-hydrogen) atoms. The molecule has 0 saturated carbocycles. The van der Waals surface area contributed by atoms with Crippen LogP contribution in [-0.4, -0.2) is 38.3 Å². The van der Waals surface area contributed by atoms with Crippen molar-refractivity contribution in [3.63, 3.8) is 0 Å². The highest BCUT2D eigenvalue weighted by Gasteiger charge is 2.14. The number of benzene rings is 2. The minimum atomic E-state index is -0.326. The predicted molar refractivity (Wildman–Crippen MR) is 116 cm³/mol. The van der Waals surface area contributed by atoms with E-state index in [0.29, 0.717) is 5.92 Å². The fraction of sp³-hybridized carbons (Fsp3) is 0.435. The zero-order chi connectivity index (χ0) is 19.9. The average Bonchev–Trinajstić information content (AvgIpc) is 2.75. The van der Waals surface area contributed by atoms with E-state index in [0.717, 1.165) is 49.8 Å². The van der Waals surface area contributed by atoms with Crippen molar-refractivity contribution in [2.24, 2.45) is 0 Å². The van der Waals surface area contributed by atoms with Gasteiger partial charge in [0.25, 0.3) is 0 Å². The molecule has 2 aromatic carbocycles. The largest absolute Gasteiger partial charge is 0.378 e. The van der Waals surface area contributed by atoms with Gasteiger partial charge in [-0.3, -0.25) is 4.79 Å². The van der Waals surface area contributed by atoms with E-state index in [-0.39, 0.29) is 11.9 Å². The number of rotatable bonds is 7. The number of anilines is 3. The molecule has 2 N–H and O–H groups in total. The highest BCUT2D eigenvalue weighted by Crippen LogP contribution is 2.22. The number of hydrogen-bond donors (Lipinski definition) is 2. The van der Waals surface area contributed by atoms with E-state index in [9.17, 15) is 4.79 Å². The Morgan fingerprint density at radius 3 is 2.21 bits per heavy atom. The number of carbonyl (C=O) groups excluding carboxylic acids is 1. The third-order valence-electron chi connectivity index (χ3n) is 5.38. The molecule has 1 aliphatic rings. The van der Waals surface area contributed by atoms with Crippen LogP contribution in [0.3, 0.4) is 0 Å². The molecule has 0 aliphatic carbocycles. The normalized spacial score (nSPS) is 16.3. The predicted octanol–water partition coefficient (Wildman–Crippen LogP) is 4.48. The van der Waals surface area contributed by atoms with Crippen LogP contribution in [-0.2, 0) is 9.53 Å². The number of ether oxygens (including phenoxy) is 1. The lowest BCUT2D eigenvalue weighted by Crippen LogP contribution is -2.36. The van der Waals surface area contributed by atoms with E-state index in [1.165, 1.54) is 5.56 Å². The van der Waals surface area contributed by atoms with Crippen molar-refractivity contribution in [3.05, 3.63) is 54.1 Å². The second kappa shape index (κ2) is 9.60. The number of nitrogens with zero attached hydrogens (tertiary/aromatic N) is 1. The highest BCUT2D eigenvalue weighted by molar-refractivity contribution is 5.96. The van der Waals surface area contributed by atoms with Crippen LogP contribution < -0.4 is 15.5 Å². The van der Waals surface area contributed by atoms with Crippen LogP contribution >= 0.6 is 0 Å². The van der Waals surface area contributed by atoms with Gasteiger partial charge in [0.05, 0.1) is 13.2 Å². The number of hydrogen-bond acceptors (Lipinski definition) is 4. The number of nitrogens with one attached hydrogen (secondary N) is 2. The summed E-state index contributed by atoms with van der Waals surface area (Å²) < 4.78 is 5.39. The maximum Gasteiger partial charge on any atom is 0.246 e. The summed E-state index contributed by atoms with van der Waals surface area (Å²) in [5.41, 5.74) is 4.25. The number of carbonyl (C=O) groups is 1. The lowest BCUT2D eigenvalue weighted by molar-refractivity contribution is -0.116. The standard InChI is InChI=1S/C23H31N3O2/c1-4-17(2)19-5-7-20(8-6-19)24-18(3)23(27)25-21-9-11-22(12-10-21)26-13-15-28-16-14-26/h5-12,17-18,24H,4,13-16H2,1-3H3,(H,25,27)/t17-,18+/m1/s1. The molecule has 150 valence electrons. The SMILES string of the molecule is CC[C@@H](C)c1ccc(N[C@@H](C)C(=O)Nc2ccc(N3CCOCC3)cc2)cc1. The summed E-state index contributed by atoms with van der Waals surface area (Å²) in [5, 5.41) is 6.26. The molecule has 2 aromatic rings. The minimum Gasteiger partial charge on any atom is -0.378 e. The highest BCUT2D eigenvalue weighted by atomic mass is 16.5. The molecule has 0 aromatic heterocycles. The Morgan fingerprint density at radius 2 is 1.61 bits per heavy atom. The van der Waals surface area contributed by atoms with Gasteiger partial charge in [0, 0.05) is 30.2 Å². The monoisotopic (exact) mass is 381 g/mol. The maximum absolute atomic E-state index is 12.5. The first-order valence-electron chi connectivity index (χ1n) is 10.2. The molecule has 1 heterocycles. The second-order valence-electron chi connectivity index (χ2n) is 7.43. The Balaban J connectivity index is 1.53. The Morgan fingerprint density at radius 1 is 1.00 bits per heavy atom. The maximum atomic E-state index is 12.5.